The van der Waals surface area contributed by atoms with E-state index in [9.17, 15) is 18.7 Å². The highest BCUT2D eigenvalue weighted by Gasteiger charge is 2.41. The zero-order chi connectivity index (χ0) is 28.8. The molecular weight excluding hydrogens is 525 g/mol. The molecule has 11 heteroatoms. The molecule has 1 fully saturated rings. The first kappa shape index (κ1) is 28.1. The van der Waals surface area contributed by atoms with E-state index < -0.39 is 35.6 Å². The van der Waals surface area contributed by atoms with E-state index >= 15 is 4.39 Å². The summed E-state index contributed by atoms with van der Waals surface area (Å²) >= 11 is 0. The van der Waals surface area contributed by atoms with Crippen molar-refractivity contribution < 1.29 is 32.9 Å². The van der Waals surface area contributed by atoms with E-state index in [4.69, 9.17) is 9.84 Å². The van der Waals surface area contributed by atoms with Crippen molar-refractivity contribution in [1.29, 1.82) is 0 Å². The van der Waals surface area contributed by atoms with Crippen LogP contribution in [-0.4, -0.2) is 46.3 Å². The van der Waals surface area contributed by atoms with Gasteiger partial charge in [0.25, 0.3) is 5.92 Å². The van der Waals surface area contributed by atoms with E-state index in [1.165, 1.54) is 12.1 Å². The van der Waals surface area contributed by atoms with Gasteiger partial charge in [-0.05, 0) is 51.7 Å². The van der Waals surface area contributed by atoms with Crippen molar-refractivity contribution >= 4 is 22.6 Å². The Kier molecular flexibility index (Phi) is 7.39. The Morgan fingerprint density at radius 1 is 1.27 bits per heavy atom. The van der Waals surface area contributed by atoms with Gasteiger partial charge in [0.1, 0.15) is 29.8 Å². The number of ether oxygens (including phenoxy) is 1. The van der Waals surface area contributed by atoms with Crippen LogP contribution in [0.2, 0.25) is 0 Å². The van der Waals surface area contributed by atoms with E-state index in [0.29, 0.717) is 72.6 Å². The number of aliphatic hydroxyl groups is 2. The Bertz CT molecular complexity index is 1460. The lowest BCUT2D eigenvalue weighted by molar-refractivity contribution is -0.127. The van der Waals surface area contributed by atoms with E-state index in [1.54, 1.807) is 27.0 Å². The first-order chi connectivity index (χ1) is 19.0. The molecule has 214 valence electrons. The number of hydrogen-bond donors (Lipinski definition) is 4. The molecule has 0 saturated heterocycles. The molecule has 4 N–H and O–H groups in total. The van der Waals surface area contributed by atoms with E-state index in [0.717, 1.165) is 11.6 Å². The van der Waals surface area contributed by atoms with Gasteiger partial charge in [-0.2, -0.15) is 8.78 Å². The molecule has 0 unspecified atom stereocenters. The van der Waals surface area contributed by atoms with E-state index in [-0.39, 0.29) is 17.4 Å². The van der Waals surface area contributed by atoms with Gasteiger partial charge in [-0.3, -0.25) is 4.79 Å². The van der Waals surface area contributed by atoms with Crippen molar-refractivity contribution in [2.24, 2.45) is 5.92 Å². The SMILES string of the molecule is CNC(=O)C1CCC(O)(c2cc3c(N[C@@H](C)c4cccc(C(F)(F)CO)c4F)nc(C)nc3c3c2OCC3)CC1. The molecule has 1 atom stereocenters. The van der Waals surface area contributed by atoms with Crippen LogP contribution in [0.5, 0.6) is 5.75 Å². The van der Waals surface area contributed by atoms with Crippen LogP contribution < -0.4 is 15.4 Å². The van der Waals surface area contributed by atoms with Gasteiger partial charge >= 0.3 is 0 Å². The molecular formula is C29H33F3N4O4. The number of benzene rings is 2. The number of alkyl halides is 2. The Balaban J connectivity index is 1.56. The second kappa shape index (κ2) is 10.5. The third kappa shape index (κ3) is 4.85. The molecule has 3 aromatic rings. The van der Waals surface area contributed by atoms with Gasteiger partial charge in [-0.1, -0.05) is 12.1 Å². The minimum absolute atomic E-state index is 0.00842. The summed E-state index contributed by atoms with van der Waals surface area (Å²) in [4.78, 5) is 21.4. The fraction of sp³-hybridized carbons (Fsp3) is 0.483. The average Bonchev–Trinajstić information content (AvgIpc) is 3.43. The fourth-order valence-electron chi connectivity index (χ4n) is 5.90. The predicted molar refractivity (Wildman–Crippen MR) is 143 cm³/mol. The summed E-state index contributed by atoms with van der Waals surface area (Å²) in [5.74, 6) is -3.63. The molecule has 0 radical (unpaired) electrons. The minimum Gasteiger partial charge on any atom is -0.492 e. The van der Waals surface area contributed by atoms with Crippen LogP contribution in [0.4, 0.5) is 19.0 Å². The molecule has 1 amide bonds. The zero-order valence-electron chi connectivity index (χ0n) is 22.7. The maximum atomic E-state index is 15.2. The molecule has 5 rings (SSSR count). The van der Waals surface area contributed by atoms with Crippen LogP contribution in [0.1, 0.15) is 66.7 Å². The topological polar surface area (TPSA) is 117 Å². The number of carbonyl (C=O) groups is 1. The smallest absolute Gasteiger partial charge is 0.298 e. The number of carbonyl (C=O) groups excluding carboxylic acids is 1. The lowest BCUT2D eigenvalue weighted by Gasteiger charge is -2.36. The molecule has 0 spiro atoms. The summed E-state index contributed by atoms with van der Waals surface area (Å²) in [6.07, 6.45) is 2.35. The van der Waals surface area contributed by atoms with E-state index in [2.05, 4.69) is 20.6 Å². The number of aromatic nitrogens is 2. The summed E-state index contributed by atoms with van der Waals surface area (Å²) in [6.45, 7) is 2.28. The Hall–Kier alpha value is -3.44. The quantitative estimate of drug-likeness (QED) is 0.340. The first-order valence-electron chi connectivity index (χ1n) is 13.4. The van der Waals surface area contributed by atoms with E-state index in [1.807, 2.05) is 0 Å². The average molecular weight is 559 g/mol. The highest BCUT2D eigenvalue weighted by atomic mass is 19.3. The third-order valence-corrected chi connectivity index (χ3v) is 8.12. The molecule has 2 aliphatic rings. The van der Waals surface area contributed by atoms with Crippen LogP contribution >= 0.6 is 0 Å². The molecule has 2 aromatic carbocycles. The standard InChI is InChI=1S/C29H33F3N4O4/c1-15(18-5-4-6-21(23(18)30)29(31,32)14-37)34-26-20-13-22(28(39)10-7-17(8-11-28)27(38)33-3)25-19(9-12-40-25)24(20)35-16(2)36-26/h4-6,13,15,17,37,39H,7-12,14H2,1-3H3,(H,33,38)(H,34,35,36)/t15-,17?,28?/m0/s1. The number of anilines is 1. The minimum atomic E-state index is -3.72. The molecule has 40 heavy (non-hydrogen) atoms. The number of amides is 1. The molecule has 1 aliphatic carbocycles. The van der Waals surface area contributed by atoms with Gasteiger partial charge in [0, 0.05) is 41.5 Å². The highest BCUT2D eigenvalue weighted by Crippen LogP contribution is 2.48. The van der Waals surface area contributed by atoms with Gasteiger partial charge in [0.15, 0.2) is 0 Å². The Labute approximate surface area is 230 Å². The van der Waals surface area contributed by atoms with Gasteiger partial charge in [-0.25, -0.2) is 14.4 Å². The zero-order valence-corrected chi connectivity index (χ0v) is 22.7. The summed E-state index contributed by atoms with van der Waals surface area (Å²) in [7, 11) is 1.60. The summed E-state index contributed by atoms with van der Waals surface area (Å²) in [5.41, 5.74) is -0.0325. The van der Waals surface area contributed by atoms with Crippen molar-refractivity contribution in [3.63, 3.8) is 0 Å². The highest BCUT2D eigenvalue weighted by molar-refractivity contribution is 5.94. The second-order valence-corrected chi connectivity index (χ2v) is 10.7. The summed E-state index contributed by atoms with van der Waals surface area (Å²) < 4.78 is 49.5. The van der Waals surface area contributed by atoms with Crippen molar-refractivity contribution in [3.8, 4) is 5.75 Å². The first-order valence-corrected chi connectivity index (χ1v) is 13.4. The summed E-state index contributed by atoms with van der Waals surface area (Å²) in [6, 6.07) is 4.71. The maximum absolute atomic E-state index is 15.2. The number of nitrogens with one attached hydrogen (secondary N) is 2. The molecule has 1 saturated carbocycles. The number of rotatable bonds is 7. The lowest BCUT2D eigenvalue weighted by Crippen LogP contribution is -2.37. The van der Waals surface area contributed by atoms with Crippen molar-refractivity contribution in [1.82, 2.24) is 15.3 Å². The fourth-order valence-corrected chi connectivity index (χ4v) is 5.90. The van der Waals surface area contributed by atoms with Crippen molar-refractivity contribution in [2.45, 2.75) is 63.5 Å². The third-order valence-electron chi connectivity index (χ3n) is 8.12. The normalized spacial score (nSPS) is 21.6. The van der Waals surface area contributed by atoms with Crippen molar-refractivity contribution in [2.75, 3.05) is 25.6 Å². The largest absolute Gasteiger partial charge is 0.492 e. The molecule has 1 aliphatic heterocycles. The van der Waals surface area contributed by atoms with Crippen LogP contribution in [-0.2, 0) is 22.7 Å². The molecule has 0 bridgehead atoms. The van der Waals surface area contributed by atoms with Gasteiger partial charge in [0.05, 0.1) is 29.3 Å². The summed E-state index contributed by atoms with van der Waals surface area (Å²) in [5, 5.41) is 27.3. The second-order valence-electron chi connectivity index (χ2n) is 10.7. The Morgan fingerprint density at radius 3 is 2.67 bits per heavy atom. The molecule has 8 nitrogen and oxygen atoms in total. The predicted octanol–water partition coefficient (Wildman–Crippen LogP) is 4.39. The van der Waals surface area contributed by atoms with Gasteiger partial charge in [-0.15, -0.1) is 0 Å². The number of fused-ring (bicyclic) bond motifs is 3. The number of hydrogen-bond acceptors (Lipinski definition) is 7. The van der Waals surface area contributed by atoms with Crippen LogP contribution in [0.15, 0.2) is 24.3 Å². The van der Waals surface area contributed by atoms with Crippen LogP contribution in [0.25, 0.3) is 10.9 Å². The maximum Gasteiger partial charge on any atom is 0.298 e. The number of nitrogens with zero attached hydrogens (tertiary/aromatic N) is 2. The number of aryl methyl sites for hydroxylation is 1. The molecule has 2 heterocycles. The lowest BCUT2D eigenvalue weighted by atomic mass is 9.74. The monoisotopic (exact) mass is 558 g/mol. The van der Waals surface area contributed by atoms with Gasteiger partial charge in [0.2, 0.25) is 5.91 Å². The van der Waals surface area contributed by atoms with Crippen LogP contribution in [0, 0.1) is 18.7 Å². The molecule has 1 aromatic heterocycles. The number of aliphatic hydroxyl groups excluding tert-OH is 1. The number of halogens is 3. The van der Waals surface area contributed by atoms with Crippen molar-refractivity contribution in [3.05, 3.63) is 58.2 Å². The van der Waals surface area contributed by atoms with Gasteiger partial charge < -0.3 is 25.6 Å². The van der Waals surface area contributed by atoms with Crippen LogP contribution in [0.3, 0.4) is 0 Å². The Morgan fingerprint density at radius 2 is 2.00 bits per heavy atom.